The van der Waals surface area contributed by atoms with Crippen molar-refractivity contribution in [2.75, 3.05) is 13.1 Å². The van der Waals surface area contributed by atoms with E-state index in [0.717, 1.165) is 16.7 Å². The van der Waals surface area contributed by atoms with Crippen LogP contribution in [0.4, 0.5) is 26.7 Å². The zero-order valence-electron chi connectivity index (χ0n) is 32.4. The van der Waals surface area contributed by atoms with Crippen molar-refractivity contribution in [3.8, 4) is 0 Å². The number of β-lactam (4-membered cyclic amide) rings is 1. The van der Waals surface area contributed by atoms with Gasteiger partial charge in [0.1, 0.15) is 31.8 Å². The van der Waals surface area contributed by atoms with Crippen LogP contribution in [0.25, 0.3) is 0 Å². The maximum absolute atomic E-state index is 13.5. The minimum absolute atomic E-state index is 0.112. The number of aliphatic hydroxyl groups excluding tert-OH is 1. The zero-order chi connectivity index (χ0) is 44.4. The summed E-state index contributed by atoms with van der Waals surface area (Å²) in [5, 5.41) is 43.0. The van der Waals surface area contributed by atoms with E-state index >= 15 is 0 Å². The van der Waals surface area contributed by atoms with Gasteiger partial charge in [-0.05, 0) is 73.4 Å². The summed E-state index contributed by atoms with van der Waals surface area (Å²) in [7, 11) is 0. The van der Waals surface area contributed by atoms with E-state index in [1.807, 2.05) is 0 Å². The normalized spacial score (nSPS) is 18.3. The zero-order valence-corrected chi connectivity index (χ0v) is 33.2. The third-order valence-electron chi connectivity index (χ3n) is 9.64. The van der Waals surface area contributed by atoms with Crippen LogP contribution in [0.3, 0.4) is 0 Å². The van der Waals surface area contributed by atoms with Gasteiger partial charge < -0.3 is 33.9 Å². The van der Waals surface area contributed by atoms with Crippen molar-refractivity contribution in [2.24, 2.45) is 10.9 Å². The second-order valence-electron chi connectivity index (χ2n) is 13.7. The van der Waals surface area contributed by atoms with Crippen LogP contribution >= 0.6 is 11.8 Å². The molecule has 0 aromatic heterocycles. The first-order valence-electron chi connectivity index (χ1n) is 18.4. The molecule has 0 bridgehead atoms. The number of nitrogens with zero attached hydrogens (tertiary/aromatic N) is 6. The third kappa shape index (κ3) is 12.0. The number of aliphatic imine (C=N–C) groups is 1. The molecule has 61 heavy (non-hydrogen) atoms. The largest absolute Gasteiger partial charge is 0.508 e. The molecule has 0 spiro atoms. The Hall–Kier alpha value is -7.01. The van der Waals surface area contributed by atoms with E-state index in [0.29, 0.717) is 42.0 Å². The fourth-order valence-corrected chi connectivity index (χ4v) is 7.54. The minimum atomic E-state index is -2.17. The molecule has 3 aromatic carbocycles. The van der Waals surface area contributed by atoms with Crippen LogP contribution < -0.4 is 0 Å². The number of hydrogen-bond donors (Lipinski definition) is 1. The van der Waals surface area contributed by atoms with Crippen molar-refractivity contribution in [1.82, 2.24) is 9.80 Å². The van der Waals surface area contributed by atoms with Crippen molar-refractivity contribution in [2.45, 2.75) is 70.1 Å². The Bertz CT molecular complexity index is 2190. The minimum Gasteiger partial charge on any atom is -0.457 e. The molecule has 2 heterocycles. The number of esters is 1. The third-order valence-corrected chi connectivity index (χ3v) is 10.8. The van der Waals surface area contributed by atoms with Gasteiger partial charge in [0.15, 0.2) is 5.12 Å². The van der Waals surface area contributed by atoms with Gasteiger partial charge in [0.05, 0.1) is 26.7 Å². The van der Waals surface area contributed by atoms with Crippen molar-refractivity contribution < 1.29 is 62.8 Å². The molecule has 2 aliphatic rings. The van der Waals surface area contributed by atoms with Crippen LogP contribution in [-0.2, 0) is 53.2 Å². The monoisotopic (exact) mass is 866 g/mol. The molecule has 23 heteroatoms. The van der Waals surface area contributed by atoms with Crippen LogP contribution in [0.5, 0.6) is 0 Å². The smallest absolute Gasteiger partial charge is 0.457 e. The van der Waals surface area contributed by atoms with E-state index in [1.165, 1.54) is 79.7 Å². The molecule has 322 valence electrons. The average Bonchev–Trinajstić information content (AvgIpc) is 3.70. The van der Waals surface area contributed by atoms with Gasteiger partial charge in [-0.25, -0.2) is 14.4 Å². The number of likely N-dealkylation sites (tertiary alicyclic amines) is 2. The molecule has 0 saturated carbocycles. The molecular weight excluding hydrogens is 829 g/mol. The number of thioether (sulfide) groups is 1. The van der Waals surface area contributed by atoms with Gasteiger partial charge in [-0.15, -0.1) is 0 Å². The summed E-state index contributed by atoms with van der Waals surface area (Å²) in [4.78, 5) is 102. The maximum Gasteiger partial charge on any atom is 0.508 e. The number of amidine groups is 1. The number of ether oxygens (including phenoxy) is 4. The number of carbonyl (C=O) groups excluding carboxylic acids is 5. The van der Waals surface area contributed by atoms with Gasteiger partial charge in [-0.1, -0.05) is 11.8 Å². The quantitative estimate of drug-likeness (QED) is 0.0384. The van der Waals surface area contributed by atoms with Crippen LogP contribution in [0.1, 0.15) is 43.4 Å². The maximum atomic E-state index is 13.5. The molecule has 3 aromatic rings. The Morgan fingerprint density at radius 3 is 1.77 bits per heavy atom. The molecule has 2 saturated heterocycles. The molecule has 1 unspecified atom stereocenters. The SMILES string of the molecule is CC(=NC(=O)OCc1ccc([N+](=O)[O-])cc1)N1CC[C@H](SC(=O)C[C@@H]2[C@H]([C@@H](C)OC(=O)OCc3ccc([N+](=O)[O-])cc3)C(=O)N2C(O)C(=O)OCc2ccc([N+](=O)[O-])cc2)C1. The predicted molar refractivity (Wildman–Crippen MR) is 210 cm³/mol. The summed E-state index contributed by atoms with van der Waals surface area (Å²) in [6.07, 6.45) is -5.38. The lowest BCUT2D eigenvalue weighted by molar-refractivity contribution is -0.385. The standard InChI is InChI=1S/C38H38N6O16S/c1-22(60-38(50)59-21-26-7-13-29(14-8-26)44(55)56)33-31(41(34(33)46)35(47)36(48)57-19-24-3-9-27(10-4-24)42(51)52)17-32(45)61-30-15-16-40(18-30)23(2)39-37(49)58-20-25-5-11-28(12-6-25)43(53)54/h3-14,22,30-31,33,35,47H,15-21H2,1-2H3/t22-,30+,31-,33+,35?/m1/s1. The number of benzene rings is 3. The molecule has 5 atom stereocenters. The van der Waals surface area contributed by atoms with Gasteiger partial charge >= 0.3 is 18.2 Å². The first-order chi connectivity index (χ1) is 29.0. The van der Waals surface area contributed by atoms with Gasteiger partial charge in [0, 0.05) is 61.2 Å². The Morgan fingerprint density at radius 2 is 1.28 bits per heavy atom. The first-order valence-corrected chi connectivity index (χ1v) is 19.3. The van der Waals surface area contributed by atoms with Crippen molar-refractivity contribution in [3.63, 3.8) is 0 Å². The Labute approximate surface area is 349 Å². The lowest BCUT2D eigenvalue weighted by Gasteiger charge is -2.49. The first kappa shape index (κ1) is 45.1. The number of amides is 2. The summed E-state index contributed by atoms with van der Waals surface area (Å²) >= 11 is 0.948. The Kier molecular flexibility index (Phi) is 15.0. The van der Waals surface area contributed by atoms with Crippen LogP contribution in [0.15, 0.2) is 77.8 Å². The molecule has 0 aliphatic carbocycles. The fourth-order valence-electron chi connectivity index (χ4n) is 6.42. The number of nitro benzene ring substituents is 3. The molecule has 2 aliphatic heterocycles. The highest BCUT2D eigenvalue weighted by Gasteiger charge is 2.56. The van der Waals surface area contributed by atoms with Gasteiger partial charge in [-0.3, -0.25) is 39.9 Å². The summed E-state index contributed by atoms with van der Waals surface area (Å²) in [6.45, 7) is 2.79. The topological polar surface area (TPSA) is 291 Å². The van der Waals surface area contributed by atoms with Gasteiger partial charge in [0.2, 0.25) is 12.1 Å². The number of aliphatic hydroxyl groups is 1. The number of rotatable bonds is 16. The molecule has 5 rings (SSSR count). The summed E-state index contributed by atoms with van der Waals surface area (Å²) in [5.74, 6) is -2.97. The number of hydrogen-bond acceptors (Lipinski definition) is 17. The van der Waals surface area contributed by atoms with E-state index in [1.54, 1.807) is 11.8 Å². The van der Waals surface area contributed by atoms with Crippen LogP contribution in [0.2, 0.25) is 0 Å². The van der Waals surface area contributed by atoms with Crippen molar-refractivity contribution in [3.05, 3.63) is 120 Å². The van der Waals surface area contributed by atoms with Crippen molar-refractivity contribution in [1.29, 1.82) is 0 Å². The molecule has 0 radical (unpaired) electrons. The lowest BCUT2D eigenvalue weighted by Crippen LogP contribution is -2.69. The molecule has 22 nitrogen and oxygen atoms in total. The second kappa shape index (κ2) is 20.3. The highest BCUT2D eigenvalue weighted by molar-refractivity contribution is 8.14. The van der Waals surface area contributed by atoms with E-state index < -0.39 is 81.3 Å². The molecule has 2 fully saturated rings. The van der Waals surface area contributed by atoms with Gasteiger partial charge in [0.25, 0.3) is 17.1 Å². The van der Waals surface area contributed by atoms with E-state index in [9.17, 15) is 59.4 Å². The Balaban J connectivity index is 1.18. The molecule has 2 amide bonds. The van der Waals surface area contributed by atoms with Crippen LogP contribution in [0, 0.1) is 36.3 Å². The van der Waals surface area contributed by atoms with E-state index in [4.69, 9.17) is 18.9 Å². The fraction of sp³-hybridized carbons (Fsp3) is 0.368. The van der Waals surface area contributed by atoms with Gasteiger partial charge in [-0.2, -0.15) is 4.99 Å². The van der Waals surface area contributed by atoms with Crippen LogP contribution in [-0.4, -0.2) is 101 Å². The summed E-state index contributed by atoms with van der Waals surface area (Å²) in [5.41, 5.74) is 0.791. The number of nitro groups is 3. The summed E-state index contributed by atoms with van der Waals surface area (Å²) < 4.78 is 20.8. The second-order valence-corrected chi connectivity index (χ2v) is 15.1. The van der Waals surface area contributed by atoms with Crippen molar-refractivity contribution >= 4 is 63.9 Å². The highest BCUT2D eigenvalue weighted by atomic mass is 32.2. The number of carbonyl (C=O) groups is 5. The van der Waals surface area contributed by atoms with E-state index in [2.05, 4.69) is 4.99 Å². The average molecular weight is 867 g/mol. The highest BCUT2D eigenvalue weighted by Crippen LogP contribution is 2.37. The molecule has 1 N–H and O–H groups in total. The predicted octanol–water partition coefficient (Wildman–Crippen LogP) is 4.82. The Morgan fingerprint density at radius 1 is 0.803 bits per heavy atom. The number of non-ortho nitro benzene ring substituents is 3. The van der Waals surface area contributed by atoms with E-state index in [-0.39, 0.29) is 35.5 Å². The lowest BCUT2D eigenvalue weighted by atomic mass is 9.81. The summed E-state index contributed by atoms with van der Waals surface area (Å²) in [6, 6.07) is 14.6. The molecular formula is C38H38N6O16S.